The van der Waals surface area contributed by atoms with Crippen LogP contribution in [0.5, 0.6) is 5.75 Å². The molecule has 0 saturated carbocycles. The van der Waals surface area contributed by atoms with E-state index in [1.807, 2.05) is 0 Å². The van der Waals surface area contributed by atoms with Crippen LogP contribution in [0, 0.1) is 0 Å². The summed E-state index contributed by atoms with van der Waals surface area (Å²) in [5.41, 5.74) is 0. The maximum absolute atomic E-state index is 12.7. The van der Waals surface area contributed by atoms with E-state index in [-0.39, 0.29) is 29.0 Å². The van der Waals surface area contributed by atoms with E-state index >= 15 is 0 Å². The van der Waals surface area contributed by atoms with Gasteiger partial charge in [0.25, 0.3) is 0 Å². The number of carbonyl (C=O) groups is 1. The van der Waals surface area contributed by atoms with E-state index in [9.17, 15) is 13.2 Å². The van der Waals surface area contributed by atoms with E-state index in [1.165, 1.54) is 13.2 Å². The second-order valence-corrected chi connectivity index (χ2v) is 9.00. The molecule has 2 aliphatic rings. The Hall–Kier alpha value is -1.68. The zero-order valence-electron chi connectivity index (χ0n) is 15.9. The fourth-order valence-electron chi connectivity index (χ4n) is 3.58. The summed E-state index contributed by atoms with van der Waals surface area (Å²) in [6, 6.07) is 6.43. The van der Waals surface area contributed by atoms with E-state index in [4.69, 9.17) is 9.47 Å². The Kier molecular flexibility index (Phi) is 6.05. The Labute approximate surface area is 160 Å². The van der Waals surface area contributed by atoms with Crippen molar-refractivity contribution in [2.24, 2.45) is 0 Å². The maximum Gasteiger partial charge on any atom is 0.240 e. The molecular formula is C18H27N3O5S. The van der Waals surface area contributed by atoms with Gasteiger partial charge in [0.2, 0.25) is 15.9 Å². The molecule has 150 valence electrons. The zero-order chi connectivity index (χ0) is 19.6. The van der Waals surface area contributed by atoms with Crippen molar-refractivity contribution in [1.29, 1.82) is 0 Å². The van der Waals surface area contributed by atoms with Gasteiger partial charge < -0.3 is 14.4 Å². The topological polar surface area (TPSA) is 88.2 Å². The molecule has 1 aromatic rings. The lowest BCUT2D eigenvalue weighted by molar-refractivity contribution is -0.134. The smallest absolute Gasteiger partial charge is 0.240 e. The van der Waals surface area contributed by atoms with E-state index in [2.05, 4.69) is 9.62 Å². The molecule has 3 atom stereocenters. The zero-order valence-corrected chi connectivity index (χ0v) is 16.7. The van der Waals surface area contributed by atoms with E-state index in [1.54, 1.807) is 37.2 Å². The molecule has 2 saturated heterocycles. The third kappa shape index (κ3) is 4.78. The second kappa shape index (κ2) is 8.14. The van der Waals surface area contributed by atoms with Crippen LogP contribution in [-0.4, -0.2) is 83.2 Å². The average molecular weight is 397 g/mol. The summed E-state index contributed by atoms with van der Waals surface area (Å²) in [6.45, 7) is 1.77. The minimum Gasteiger partial charge on any atom is -0.497 e. The summed E-state index contributed by atoms with van der Waals surface area (Å²) >= 11 is 0. The van der Waals surface area contributed by atoms with Crippen molar-refractivity contribution in [3.05, 3.63) is 24.3 Å². The lowest BCUT2D eigenvalue weighted by Crippen LogP contribution is -2.47. The number of ether oxygens (including phenoxy) is 2. The minimum atomic E-state index is -3.62. The van der Waals surface area contributed by atoms with Crippen LogP contribution in [0.4, 0.5) is 0 Å². The van der Waals surface area contributed by atoms with Crippen molar-refractivity contribution < 1.29 is 22.7 Å². The monoisotopic (exact) mass is 397 g/mol. The Balaban J connectivity index is 1.60. The number of carbonyl (C=O) groups excluding carboxylic acids is 1. The van der Waals surface area contributed by atoms with Gasteiger partial charge in [0.1, 0.15) is 5.75 Å². The molecule has 1 amide bonds. The summed E-state index contributed by atoms with van der Waals surface area (Å²) in [6.07, 6.45) is 0.887. The van der Waals surface area contributed by atoms with Gasteiger partial charge in [-0.05, 0) is 18.6 Å². The van der Waals surface area contributed by atoms with Gasteiger partial charge in [0, 0.05) is 45.3 Å². The Morgan fingerprint density at radius 1 is 1.37 bits per heavy atom. The summed E-state index contributed by atoms with van der Waals surface area (Å²) in [4.78, 5) is 15.9. The molecular weight excluding hydrogens is 370 g/mol. The minimum absolute atomic E-state index is 0.0351. The van der Waals surface area contributed by atoms with E-state index < -0.39 is 10.0 Å². The maximum atomic E-state index is 12.7. The number of fused-ring (bicyclic) bond motifs is 1. The molecule has 27 heavy (non-hydrogen) atoms. The fourth-order valence-corrected chi connectivity index (χ4v) is 4.86. The molecule has 1 aromatic carbocycles. The quantitative estimate of drug-likeness (QED) is 0.743. The first-order valence-electron chi connectivity index (χ1n) is 9.00. The number of sulfonamides is 1. The van der Waals surface area contributed by atoms with E-state index in [0.717, 1.165) is 0 Å². The van der Waals surface area contributed by atoms with Gasteiger partial charge in [-0.3, -0.25) is 9.69 Å². The van der Waals surface area contributed by atoms with Crippen LogP contribution in [-0.2, 0) is 19.6 Å². The Bertz CT molecular complexity index is 783. The van der Waals surface area contributed by atoms with Crippen molar-refractivity contribution in [2.45, 2.75) is 35.9 Å². The number of morpholine rings is 1. The molecule has 0 bridgehead atoms. The molecule has 1 N–H and O–H groups in total. The predicted molar refractivity (Wildman–Crippen MR) is 100 cm³/mol. The molecule has 0 aromatic heterocycles. The third-order valence-corrected chi connectivity index (χ3v) is 6.58. The molecule has 0 radical (unpaired) electrons. The predicted octanol–water partition coefficient (Wildman–Crippen LogP) is 0.294. The molecule has 8 nitrogen and oxygen atoms in total. The van der Waals surface area contributed by atoms with Crippen molar-refractivity contribution in [3.8, 4) is 5.75 Å². The van der Waals surface area contributed by atoms with Crippen LogP contribution in [0.1, 0.15) is 12.8 Å². The number of benzene rings is 1. The highest BCUT2D eigenvalue weighted by molar-refractivity contribution is 7.89. The van der Waals surface area contributed by atoms with Gasteiger partial charge in [0.05, 0.1) is 31.1 Å². The van der Waals surface area contributed by atoms with Gasteiger partial charge in [0.15, 0.2) is 0 Å². The highest BCUT2D eigenvalue weighted by atomic mass is 32.2. The molecule has 0 spiro atoms. The molecule has 2 heterocycles. The van der Waals surface area contributed by atoms with Gasteiger partial charge in [-0.2, -0.15) is 0 Å². The van der Waals surface area contributed by atoms with Gasteiger partial charge >= 0.3 is 0 Å². The van der Waals surface area contributed by atoms with Crippen LogP contribution in [0.15, 0.2) is 29.2 Å². The third-order valence-electron chi connectivity index (χ3n) is 5.06. The number of hydrogen-bond donors (Lipinski definition) is 1. The van der Waals surface area contributed by atoms with Crippen LogP contribution < -0.4 is 9.46 Å². The molecule has 9 heteroatoms. The average Bonchev–Trinajstić information content (AvgIpc) is 3.02. The summed E-state index contributed by atoms with van der Waals surface area (Å²) in [5.74, 6) is 0.538. The van der Waals surface area contributed by atoms with Crippen molar-refractivity contribution in [3.63, 3.8) is 0 Å². The number of nitrogens with zero attached hydrogens (tertiary/aromatic N) is 2. The number of rotatable bonds is 6. The molecule has 0 aliphatic carbocycles. The highest BCUT2D eigenvalue weighted by Gasteiger charge is 2.39. The summed E-state index contributed by atoms with van der Waals surface area (Å²) < 4.78 is 39.1. The standard InChI is InChI=1S/C18H27N3O5S/c1-20(2)18(22)9-16-11-21-10-13(7-14(21)12-26-16)19-27(23,24)17-6-4-5-15(8-17)25-3/h4-6,8,13-14,16,19H,7,9-12H2,1-3H3/t13-,14+,16+/m1/s1. The van der Waals surface area contributed by atoms with Crippen LogP contribution in [0.2, 0.25) is 0 Å². The second-order valence-electron chi connectivity index (χ2n) is 7.29. The molecule has 0 unspecified atom stereocenters. The Morgan fingerprint density at radius 3 is 2.85 bits per heavy atom. The summed E-state index contributed by atoms with van der Waals surface area (Å²) in [7, 11) is 1.34. The SMILES string of the molecule is COc1cccc(S(=O)(=O)N[C@@H]2C[C@H]3CO[C@@H](CC(=O)N(C)C)CN3C2)c1. The lowest BCUT2D eigenvalue weighted by Gasteiger charge is -2.35. The summed E-state index contributed by atoms with van der Waals surface area (Å²) in [5, 5.41) is 0. The van der Waals surface area contributed by atoms with Crippen molar-refractivity contribution in [1.82, 2.24) is 14.5 Å². The number of amides is 1. The van der Waals surface area contributed by atoms with Gasteiger partial charge in [-0.25, -0.2) is 13.1 Å². The lowest BCUT2D eigenvalue weighted by atomic mass is 10.1. The first kappa shape index (κ1) is 20.1. The van der Waals surface area contributed by atoms with Crippen LogP contribution in [0.25, 0.3) is 0 Å². The van der Waals surface area contributed by atoms with Crippen molar-refractivity contribution in [2.75, 3.05) is 40.9 Å². The van der Waals surface area contributed by atoms with Crippen LogP contribution in [0.3, 0.4) is 0 Å². The number of methoxy groups -OCH3 is 1. The van der Waals surface area contributed by atoms with Crippen LogP contribution >= 0.6 is 0 Å². The Morgan fingerprint density at radius 2 is 2.15 bits per heavy atom. The van der Waals surface area contributed by atoms with E-state index in [0.29, 0.717) is 38.3 Å². The number of hydrogen-bond acceptors (Lipinski definition) is 6. The molecule has 2 fully saturated rings. The van der Waals surface area contributed by atoms with Crippen molar-refractivity contribution >= 4 is 15.9 Å². The number of nitrogens with one attached hydrogen (secondary N) is 1. The normalized spacial score (nSPS) is 25.8. The fraction of sp³-hybridized carbons (Fsp3) is 0.611. The first-order valence-corrected chi connectivity index (χ1v) is 10.5. The first-order chi connectivity index (χ1) is 12.8. The largest absolute Gasteiger partial charge is 0.497 e. The van der Waals surface area contributed by atoms with Gasteiger partial charge in [-0.1, -0.05) is 6.07 Å². The highest BCUT2D eigenvalue weighted by Crippen LogP contribution is 2.26. The molecule has 3 rings (SSSR count). The van der Waals surface area contributed by atoms with Gasteiger partial charge in [-0.15, -0.1) is 0 Å². The molecule has 2 aliphatic heterocycles.